The van der Waals surface area contributed by atoms with Crippen molar-refractivity contribution < 1.29 is 9.90 Å². The van der Waals surface area contributed by atoms with Crippen LogP contribution in [0.1, 0.15) is 25.1 Å². The maximum Gasteiger partial charge on any atom is 0.220 e. The lowest BCUT2D eigenvalue weighted by Gasteiger charge is -2.22. The van der Waals surface area contributed by atoms with Gasteiger partial charge in [0.15, 0.2) is 0 Å². The summed E-state index contributed by atoms with van der Waals surface area (Å²) < 4.78 is 0. The van der Waals surface area contributed by atoms with Crippen LogP contribution in [0.25, 0.3) is 0 Å². The number of thiophene rings is 1. The molecule has 0 aliphatic rings. The summed E-state index contributed by atoms with van der Waals surface area (Å²) in [5, 5.41) is 14.9. The summed E-state index contributed by atoms with van der Waals surface area (Å²) in [5.74, 6) is 1.87. The fourth-order valence-electron chi connectivity index (χ4n) is 1.34. The van der Waals surface area contributed by atoms with Gasteiger partial charge >= 0.3 is 0 Å². The summed E-state index contributed by atoms with van der Waals surface area (Å²) in [5.41, 5.74) is -0.971. The van der Waals surface area contributed by atoms with Gasteiger partial charge in [-0.3, -0.25) is 4.79 Å². The molecule has 0 fully saturated rings. The number of aliphatic hydroxyl groups is 1. The molecule has 1 aromatic heterocycles. The van der Waals surface area contributed by atoms with Gasteiger partial charge < -0.3 is 10.4 Å². The maximum atomic E-state index is 11.5. The molecule has 1 atom stereocenters. The highest BCUT2D eigenvalue weighted by atomic mass is 32.2. The molecule has 17 heavy (non-hydrogen) atoms. The minimum atomic E-state index is -0.971. The monoisotopic (exact) mass is 273 g/mol. The van der Waals surface area contributed by atoms with E-state index in [2.05, 4.69) is 12.2 Å². The average Bonchev–Trinajstić information content (AvgIpc) is 2.81. The second-order valence-electron chi connectivity index (χ2n) is 3.97. The minimum Gasteiger partial charge on any atom is -0.383 e. The predicted molar refractivity (Wildman–Crippen MR) is 74.5 cm³/mol. The van der Waals surface area contributed by atoms with Crippen LogP contribution in [0.5, 0.6) is 0 Å². The first-order valence-electron chi connectivity index (χ1n) is 5.67. The van der Waals surface area contributed by atoms with E-state index in [1.54, 1.807) is 18.7 Å². The van der Waals surface area contributed by atoms with Gasteiger partial charge in [-0.15, -0.1) is 11.3 Å². The van der Waals surface area contributed by atoms with Gasteiger partial charge in [0.1, 0.15) is 5.60 Å². The third kappa shape index (κ3) is 5.10. The second kappa shape index (κ2) is 7.03. The van der Waals surface area contributed by atoms with Crippen LogP contribution in [-0.2, 0) is 10.4 Å². The number of nitrogens with one attached hydrogen (secondary N) is 1. The van der Waals surface area contributed by atoms with Crippen molar-refractivity contribution in [3.8, 4) is 0 Å². The van der Waals surface area contributed by atoms with Gasteiger partial charge in [-0.05, 0) is 24.1 Å². The smallest absolute Gasteiger partial charge is 0.220 e. The lowest BCUT2D eigenvalue weighted by Crippen LogP contribution is -2.38. The highest BCUT2D eigenvalue weighted by Crippen LogP contribution is 2.24. The predicted octanol–water partition coefficient (Wildman–Crippen LogP) is 2.21. The Morgan fingerprint density at radius 1 is 1.65 bits per heavy atom. The molecule has 3 nitrogen and oxygen atoms in total. The molecule has 0 aliphatic heterocycles. The maximum absolute atomic E-state index is 11.5. The molecule has 1 unspecified atom stereocenters. The van der Waals surface area contributed by atoms with Crippen LogP contribution in [0.2, 0.25) is 0 Å². The molecule has 0 radical (unpaired) electrons. The van der Waals surface area contributed by atoms with E-state index in [9.17, 15) is 9.90 Å². The molecule has 0 aliphatic carbocycles. The van der Waals surface area contributed by atoms with Crippen LogP contribution in [0, 0.1) is 0 Å². The number of hydrogen-bond donors (Lipinski definition) is 2. The Balaban J connectivity index is 2.32. The van der Waals surface area contributed by atoms with E-state index in [0.29, 0.717) is 6.42 Å². The SMILES string of the molecule is CCSCCC(=O)NCC(C)(O)c1cccs1. The Bertz CT molecular complexity index is 336. The Morgan fingerprint density at radius 3 is 3.00 bits per heavy atom. The fourth-order valence-corrected chi connectivity index (χ4v) is 2.75. The zero-order valence-corrected chi connectivity index (χ0v) is 11.9. The van der Waals surface area contributed by atoms with Crippen LogP contribution in [0.15, 0.2) is 17.5 Å². The summed E-state index contributed by atoms with van der Waals surface area (Å²) in [6.07, 6.45) is 0.513. The van der Waals surface area contributed by atoms with Crippen molar-refractivity contribution in [1.82, 2.24) is 5.32 Å². The first-order chi connectivity index (χ1) is 8.06. The van der Waals surface area contributed by atoms with Crippen LogP contribution >= 0.6 is 23.1 Å². The van der Waals surface area contributed by atoms with Crippen LogP contribution in [0.4, 0.5) is 0 Å². The van der Waals surface area contributed by atoms with Crippen LogP contribution in [-0.4, -0.2) is 29.1 Å². The van der Waals surface area contributed by atoms with Gasteiger partial charge in [0.2, 0.25) is 5.91 Å². The minimum absolute atomic E-state index is 0.00258. The molecule has 0 saturated heterocycles. The van der Waals surface area contributed by atoms with Crippen molar-refractivity contribution >= 4 is 29.0 Å². The normalized spacial score (nSPS) is 14.3. The van der Waals surface area contributed by atoms with E-state index in [-0.39, 0.29) is 12.5 Å². The van der Waals surface area contributed by atoms with Crippen molar-refractivity contribution in [3.63, 3.8) is 0 Å². The van der Waals surface area contributed by atoms with E-state index in [1.807, 2.05) is 17.5 Å². The first-order valence-corrected chi connectivity index (χ1v) is 7.70. The van der Waals surface area contributed by atoms with Crippen molar-refractivity contribution in [2.24, 2.45) is 0 Å². The van der Waals surface area contributed by atoms with Gasteiger partial charge in [0.05, 0.1) is 6.54 Å². The average molecular weight is 273 g/mol. The van der Waals surface area contributed by atoms with Gasteiger partial charge in [-0.1, -0.05) is 13.0 Å². The number of amides is 1. The number of carbonyl (C=O) groups excluding carboxylic acids is 1. The molecule has 1 rings (SSSR count). The Labute approximate surface area is 111 Å². The highest BCUT2D eigenvalue weighted by Gasteiger charge is 2.24. The number of carbonyl (C=O) groups is 1. The third-order valence-electron chi connectivity index (χ3n) is 2.36. The Kier molecular flexibility index (Phi) is 6.02. The molecular formula is C12H19NO2S2. The van der Waals surface area contributed by atoms with Gasteiger partial charge in [0, 0.05) is 17.1 Å². The van der Waals surface area contributed by atoms with E-state index in [1.165, 1.54) is 11.3 Å². The summed E-state index contributed by atoms with van der Waals surface area (Å²) >= 11 is 3.24. The Hall–Kier alpha value is -0.520. The van der Waals surface area contributed by atoms with Crippen LogP contribution in [0.3, 0.4) is 0 Å². The largest absolute Gasteiger partial charge is 0.383 e. The lowest BCUT2D eigenvalue weighted by molar-refractivity contribution is -0.121. The summed E-state index contributed by atoms with van der Waals surface area (Å²) in [6.45, 7) is 4.06. The quantitative estimate of drug-likeness (QED) is 0.749. The number of thioether (sulfide) groups is 1. The zero-order chi connectivity index (χ0) is 12.7. The van der Waals surface area contributed by atoms with Crippen LogP contribution < -0.4 is 5.32 Å². The molecule has 2 N–H and O–H groups in total. The standard InChI is InChI=1S/C12H19NO2S2/c1-3-16-8-6-11(14)13-9-12(2,15)10-5-4-7-17-10/h4-5,7,15H,3,6,8-9H2,1-2H3,(H,13,14). The van der Waals surface area contributed by atoms with E-state index < -0.39 is 5.60 Å². The summed E-state index contributed by atoms with van der Waals surface area (Å²) in [4.78, 5) is 12.4. The second-order valence-corrected chi connectivity index (χ2v) is 6.32. The zero-order valence-electron chi connectivity index (χ0n) is 10.2. The Morgan fingerprint density at radius 2 is 2.41 bits per heavy atom. The lowest BCUT2D eigenvalue weighted by atomic mass is 10.1. The molecule has 5 heteroatoms. The third-order valence-corrected chi connectivity index (χ3v) is 4.38. The molecule has 1 heterocycles. The number of rotatable bonds is 7. The van der Waals surface area contributed by atoms with Crippen molar-refractivity contribution in [1.29, 1.82) is 0 Å². The molecule has 0 aromatic carbocycles. The molecule has 0 spiro atoms. The van der Waals surface area contributed by atoms with Gasteiger partial charge in [-0.2, -0.15) is 11.8 Å². The fraction of sp³-hybridized carbons (Fsp3) is 0.583. The molecular weight excluding hydrogens is 254 g/mol. The van der Waals surface area contributed by atoms with Gasteiger partial charge in [-0.25, -0.2) is 0 Å². The van der Waals surface area contributed by atoms with E-state index in [4.69, 9.17) is 0 Å². The molecule has 96 valence electrons. The molecule has 0 saturated carbocycles. The molecule has 1 amide bonds. The van der Waals surface area contributed by atoms with Crippen molar-refractivity contribution in [2.75, 3.05) is 18.1 Å². The van der Waals surface area contributed by atoms with E-state index >= 15 is 0 Å². The van der Waals surface area contributed by atoms with Crippen molar-refractivity contribution in [2.45, 2.75) is 25.9 Å². The topological polar surface area (TPSA) is 49.3 Å². The molecule has 1 aromatic rings. The van der Waals surface area contributed by atoms with Gasteiger partial charge in [0.25, 0.3) is 0 Å². The summed E-state index contributed by atoms with van der Waals surface area (Å²) in [6, 6.07) is 3.78. The highest BCUT2D eigenvalue weighted by molar-refractivity contribution is 7.99. The summed E-state index contributed by atoms with van der Waals surface area (Å²) in [7, 11) is 0. The first kappa shape index (κ1) is 14.5. The van der Waals surface area contributed by atoms with E-state index in [0.717, 1.165) is 16.4 Å². The molecule has 0 bridgehead atoms. The van der Waals surface area contributed by atoms with Crippen molar-refractivity contribution in [3.05, 3.63) is 22.4 Å². The number of hydrogen-bond acceptors (Lipinski definition) is 4.